The lowest BCUT2D eigenvalue weighted by Gasteiger charge is -2.36. The molecule has 162 valence electrons. The number of para-hydroxylation sites is 2. The fraction of sp³-hybridized carbons (Fsp3) is 0.571. The summed E-state index contributed by atoms with van der Waals surface area (Å²) in [7, 11) is 1.66. The number of benzene rings is 1. The van der Waals surface area contributed by atoms with E-state index in [0.717, 1.165) is 48.8 Å². The van der Waals surface area contributed by atoms with Crippen LogP contribution in [-0.4, -0.2) is 73.1 Å². The highest BCUT2D eigenvalue weighted by Crippen LogP contribution is 2.33. The number of hydrogen-bond donors (Lipinski definition) is 2. The summed E-state index contributed by atoms with van der Waals surface area (Å²) in [4.78, 5) is 41.8. The fourth-order valence-electron chi connectivity index (χ4n) is 4.62. The van der Waals surface area contributed by atoms with Crippen LogP contribution in [0.4, 0.5) is 10.5 Å². The van der Waals surface area contributed by atoms with Gasteiger partial charge in [-0.25, -0.2) is 4.79 Å². The van der Waals surface area contributed by atoms with Crippen molar-refractivity contribution in [3.05, 3.63) is 24.3 Å². The third kappa shape index (κ3) is 3.94. The average Bonchev–Trinajstić information content (AvgIpc) is 2.98. The molecule has 1 aromatic carbocycles. The van der Waals surface area contributed by atoms with E-state index in [0.29, 0.717) is 25.9 Å². The minimum absolute atomic E-state index is 0.143. The first-order valence-electron chi connectivity index (χ1n) is 10.6. The smallest absolute Gasteiger partial charge is 0.344 e. The van der Waals surface area contributed by atoms with Crippen molar-refractivity contribution in [1.29, 1.82) is 0 Å². The number of nitrogens with zero attached hydrogens (tertiary/aromatic N) is 3. The van der Waals surface area contributed by atoms with Crippen LogP contribution < -0.4 is 20.4 Å². The van der Waals surface area contributed by atoms with Gasteiger partial charge in [0.15, 0.2) is 0 Å². The van der Waals surface area contributed by atoms with Crippen molar-refractivity contribution >= 4 is 23.5 Å². The molecular formula is C21H29N5O4. The molecule has 1 aliphatic carbocycles. The Kier molecular flexibility index (Phi) is 5.80. The standard InChI is InChI=1S/C21H29N5O4/c1-30-17-8-4-3-7-16(17)25-13-11-24(12-14-25)15-18(27)23-26-19(28)21(22-20(26)29)9-5-2-6-10-21/h3-4,7-8H,2,5-6,9-15H2,1H3,(H,22,29)(H,23,27). The average molecular weight is 415 g/mol. The molecule has 4 rings (SSSR count). The van der Waals surface area contributed by atoms with Gasteiger partial charge in [-0.05, 0) is 25.0 Å². The zero-order chi connectivity index (χ0) is 21.1. The van der Waals surface area contributed by atoms with E-state index in [-0.39, 0.29) is 18.4 Å². The van der Waals surface area contributed by atoms with Crippen molar-refractivity contribution in [3.8, 4) is 5.75 Å². The fourth-order valence-corrected chi connectivity index (χ4v) is 4.62. The second-order valence-corrected chi connectivity index (χ2v) is 8.18. The van der Waals surface area contributed by atoms with Crippen molar-refractivity contribution < 1.29 is 19.1 Å². The number of amides is 4. The summed E-state index contributed by atoms with van der Waals surface area (Å²) in [6.07, 6.45) is 4.15. The number of nitrogens with one attached hydrogen (secondary N) is 2. The first-order valence-corrected chi connectivity index (χ1v) is 10.6. The molecule has 0 aromatic heterocycles. The van der Waals surface area contributed by atoms with Gasteiger partial charge in [-0.3, -0.25) is 19.9 Å². The molecule has 1 saturated carbocycles. The van der Waals surface area contributed by atoms with E-state index in [1.54, 1.807) is 7.11 Å². The van der Waals surface area contributed by atoms with E-state index in [9.17, 15) is 14.4 Å². The van der Waals surface area contributed by atoms with Gasteiger partial charge in [0.2, 0.25) is 0 Å². The molecule has 2 saturated heterocycles. The topological polar surface area (TPSA) is 94.2 Å². The number of hydrazine groups is 1. The Labute approximate surface area is 176 Å². The third-order valence-corrected chi connectivity index (χ3v) is 6.27. The van der Waals surface area contributed by atoms with Gasteiger partial charge < -0.3 is 15.0 Å². The number of carbonyl (C=O) groups excluding carboxylic acids is 3. The molecule has 3 aliphatic rings. The maximum atomic E-state index is 12.8. The number of ether oxygens (including phenoxy) is 1. The first kappa shape index (κ1) is 20.5. The van der Waals surface area contributed by atoms with Crippen LogP contribution in [0.5, 0.6) is 5.75 Å². The molecule has 9 nitrogen and oxygen atoms in total. The largest absolute Gasteiger partial charge is 0.495 e. The molecular weight excluding hydrogens is 386 g/mol. The molecule has 1 spiro atoms. The van der Waals surface area contributed by atoms with Crippen molar-refractivity contribution in [1.82, 2.24) is 20.7 Å². The molecule has 2 heterocycles. The molecule has 9 heteroatoms. The summed E-state index contributed by atoms with van der Waals surface area (Å²) < 4.78 is 5.44. The van der Waals surface area contributed by atoms with Gasteiger partial charge in [0.25, 0.3) is 11.8 Å². The highest BCUT2D eigenvalue weighted by atomic mass is 16.5. The normalized spacial score (nSPS) is 21.6. The maximum Gasteiger partial charge on any atom is 0.344 e. The van der Waals surface area contributed by atoms with Gasteiger partial charge in [0.05, 0.1) is 19.3 Å². The maximum absolute atomic E-state index is 12.8. The van der Waals surface area contributed by atoms with E-state index in [1.165, 1.54) is 0 Å². The summed E-state index contributed by atoms with van der Waals surface area (Å²) in [5.41, 5.74) is 2.73. The second kappa shape index (κ2) is 8.51. The van der Waals surface area contributed by atoms with Crippen LogP contribution in [0, 0.1) is 0 Å². The first-order chi connectivity index (χ1) is 14.5. The van der Waals surface area contributed by atoms with Crippen molar-refractivity contribution in [2.24, 2.45) is 0 Å². The molecule has 0 atom stereocenters. The van der Waals surface area contributed by atoms with Crippen molar-refractivity contribution in [2.75, 3.05) is 44.7 Å². The Balaban J connectivity index is 1.29. The Morgan fingerprint density at radius 2 is 1.80 bits per heavy atom. The Morgan fingerprint density at radius 1 is 1.10 bits per heavy atom. The number of imide groups is 1. The van der Waals surface area contributed by atoms with Gasteiger partial charge in [-0.15, -0.1) is 0 Å². The van der Waals surface area contributed by atoms with Crippen molar-refractivity contribution in [3.63, 3.8) is 0 Å². The number of methoxy groups -OCH3 is 1. The van der Waals surface area contributed by atoms with Crippen LogP contribution in [0.1, 0.15) is 32.1 Å². The molecule has 1 aromatic rings. The molecule has 4 amide bonds. The lowest BCUT2D eigenvalue weighted by atomic mass is 9.82. The highest BCUT2D eigenvalue weighted by Gasteiger charge is 2.52. The zero-order valence-corrected chi connectivity index (χ0v) is 17.4. The van der Waals surface area contributed by atoms with Crippen LogP contribution in [0.25, 0.3) is 0 Å². The van der Waals surface area contributed by atoms with E-state index < -0.39 is 11.6 Å². The van der Waals surface area contributed by atoms with E-state index in [4.69, 9.17) is 4.74 Å². The van der Waals surface area contributed by atoms with Crippen LogP contribution >= 0.6 is 0 Å². The summed E-state index contributed by atoms with van der Waals surface area (Å²) in [6.45, 7) is 3.08. The van der Waals surface area contributed by atoms with Gasteiger partial charge in [0.1, 0.15) is 11.3 Å². The lowest BCUT2D eigenvalue weighted by molar-refractivity contribution is -0.140. The monoisotopic (exact) mass is 415 g/mol. The van der Waals surface area contributed by atoms with Gasteiger partial charge in [-0.1, -0.05) is 31.4 Å². The molecule has 0 bridgehead atoms. The zero-order valence-electron chi connectivity index (χ0n) is 17.4. The quantitative estimate of drug-likeness (QED) is 0.700. The molecule has 0 unspecified atom stereocenters. The summed E-state index contributed by atoms with van der Waals surface area (Å²) in [5.74, 6) is 0.150. The van der Waals surface area contributed by atoms with Crippen LogP contribution in [0.2, 0.25) is 0 Å². The second-order valence-electron chi connectivity index (χ2n) is 8.18. The summed E-state index contributed by atoms with van der Waals surface area (Å²) in [6, 6.07) is 7.35. The van der Waals surface area contributed by atoms with E-state index in [1.807, 2.05) is 29.2 Å². The molecule has 2 N–H and O–H groups in total. The summed E-state index contributed by atoms with van der Waals surface area (Å²) in [5, 5.41) is 3.68. The minimum Gasteiger partial charge on any atom is -0.495 e. The number of carbonyl (C=O) groups is 3. The number of hydrogen-bond acceptors (Lipinski definition) is 6. The predicted molar refractivity (Wildman–Crippen MR) is 111 cm³/mol. The Morgan fingerprint density at radius 3 is 2.50 bits per heavy atom. The Hall–Kier alpha value is -2.81. The minimum atomic E-state index is -0.830. The van der Waals surface area contributed by atoms with Crippen LogP contribution in [0.3, 0.4) is 0 Å². The SMILES string of the molecule is COc1ccccc1N1CCN(CC(=O)NN2C(=O)NC3(CCCCC3)C2=O)CC1. The van der Waals surface area contributed by atoms with Crippen LogP contribution in [-0.2, 0) is 9.59 Å². The van der Waals surface area contributed by atoms with E-state index >= 15 is 0 Å². The summed E-state index contributed by atoms with van der Waals surface area (Å²) >= 11 is 0. The number of rotatable bonds is 5. The number of piperazine rings is 1. The lowest BCUT2D eigenvalue weighted by Crippen LogP contribution is -2.54. The van der Waals surface area contributed by atoms with Crippen LogP contribution in [0.15, 0.2) is 24.3 Å². The van der Waals surface area contributed by atoms with Gasteiger partial charge in [0, 0.05) is 26.2 Å². The number of anilines is 1. The Bertz CT molecular complexity index is 815. The predicted octanol–water partition coefficient (Wildman–Crippen LogP) is 1.10. The van der Waals surface area contributed by atoms with Gasteiger partial charge >= 0.3 is 6.03 Å². The molecule has 2 aliphatic heterocycles. The van der Waals surface area contributed by atoms with Crippen molar-refractivity contribution in [2.45, 2.75) is 37.6 Å². The van der Waals surface area contributed by atoms with E-state index in [2.05, 4.69) is 15.6 Å². The molecule has 0 radical (unpaired) electrons. The molecule has 3 fully saturated rings. The molecule has 30 heavy (non-hydrogen) atoms. The highest BCUT2D eigenvalue weighted by molar-refractivity contribution is 6.08. The third-order valence-electron chi connectivity index (χ3n) is 6.27. The van der Waals surface area contributed by atoms with Gasteiger partial charge in [-0.2, -0.15) is 5.01 Å². The number of urea groups is 1.